The lowest BCUT2D eigenvalue weighted by atomic mass is 10.1. The smallest absolute Gasteiger partial charge is 0.417 e. The third kappa shape index (κ3) is 5.02. The first kappa shape index (κ1) is 21.0. The Morgan fingerprint density at radius 1 is 1.03 bits per heavy atom. The molecule has 3 aromatic rings. The molecule has 2 heterocycles. The second-order valence-electron chi connectivity index (χ2n) is 5.94. The van der Waals surface area contributed by atoms with E-state index in [-0.39, 0.29) is 11.8 Å². The predicted octanol–water partition coefficient (Wildman–Crippen LogP) is 3.99. The molecule has 2 aromatic heterocycles. The largest absolute Gasteiger partial charge is 0.419 e. The molecule has 0 aliphatic rings. The van der Waals surface area contributed by atoms with Crippen LogP contribution in [-0.2, 0) is 12.7 Å². The summed E-state index contributed by atoms with van der Waals surface area (Å²) in [4.78, 5) is 8.08. The molecule has 30 heavy (non-hydrogen) atoms. The molecule has 13 heteroatoms. The fraction of sp³-hybridized carbons (Fsp3) is 0.235. The van der Waals surface area contributed by atoms with Crippen LogP contribution < -0.4 is 4.90 Å². The van der Waals surface area contributed by atoms with Gasteiger partial charge in [-0.05, 0) is 18.2 Å². The summed E-state index contributed by atoms with van der Waals surface area (Å²) in [5.41, 5.74) is -2.15. The van der Waals surface area contributed by atoms with Gasteiger partial charge in [-0.25, -0.2) is 9.97 Å². The number of aromatic nitrogens is 4. The summed E-state index contributed by atoms with van der Waals surface area (Å²) in [6, 6.07) is 3.65. The molecule has 0 amide bonds. The quantitative estimate of drug-likeness (QED) is 0.568. The van der Waals surface area contributed by atoms with Crippen LogP contribution in [0.3, 0.4) is 0 Å². The van der Waals surface area contributed by atoms with Gasteiger partial charge in [-0.1, -0.05) is 0 Å². The minimum atomic E-state index is -4.92. The number of halogens is 6. The SMILES string of the molecule is N#Cc1ccc(N(Cc2nnc(-c3cncnc3)o2)CC(F)(F)F)cc1C(F)(F)F. The third-order valence-corrected chi connectivity index (χ3v) is 3.76. The van der Waals surface area contributed by atoms with Crippen LogP contribution in [-0.4, -0.2) is 32.9 Å². The second-order valence-corrected chi connectivity index (χ2v) is 5.94. The highest BCUT2D eigenvalue weighted by Crippen LogP contribution is 2.35. The maximum absolute atomic E-state index is 13.2. The summed E-state index contributed by atoms with van der Waals surface area (Å²) in [7, 11) is 0. The van der Waals surface area contributed by atoms with E-state index in [0.29, 0.717) is 16.5 Å². The minimum absolute atomic E-state index is 0.0617. The van der Waals surface area contributed by atoms with Crippen LogP contribution in [0.2, 0.25) is 0 Å². The third-order valence-electron chi connectivity index (χ3n) is 3.76. The summed E-state index contributed by atoms with van der Waals surface area (Å²) >= 11 is 0. The highest BCUT2D eigenvalue weighted by atomic mass is 19.4. The van der Waals surface area contributed by atoms with E-state index in [9.17, 15) is 26.3 Å². The molecule has 0 aliphatic carbocycles. The summed E-state index contributed by atoms with van der Waals surface area (Å²) < 4.78 is 84.0. The number of benzene rings is 1. The molecule has 0 saturated carbocycles. The number of hydrogen-bond acceptors (Lipinski definition) is 7. The van der Waals surface area contributed by atoms with Crippen molar-refractivity contribution in [2.75, 3.05) is 11.4 Å². The zero-order valence-electron chi connectivity index (χ0n) is 14.7. The average molecular weight is 428 g/mol. The molecule has 0 fully saturated rings. The van der Waals surface area contributed by atoms with Gasteiger partial charge in [0.05, 0.1) is 29.3 Å². The molecule has 0 spiro atoms. The van der Waals surface area contributed by atoms with Crippen molar-refractivity contribution in [2.24, 2.45) is 0 Å². The van der Waals surface area contributed by atoms with Crippen LogP contribution in [0.15, 0.2) is 41.3 Å². The Bertz CT molecular complexity index is 1060. The highest BCUT2D eigenvalue weighted by molar-refractivity contribution is 5.55. The lowest BCUT2D eigenvalue weighted by molar-refractivity contribution is -0.137. The molecule has 0 N–H and O–H groups in total. The zero-order chi connectivity index (χ0) is 21.9. The lowest BCUT2D eigenvalue weighted by Crippen LogP contribution is -2.34. The van der Waals surface area contributed by atoms with Crippen molar-refractivity contribution < 1.29 is 30.8 Å². The standard InChI is InChI=1S/C17H10F6N6O/c18-16(19,20)8-29(12-2-1-10(4-24)13(3-12)17(21,22)23)7-14-27-28-15(30-14)11-5-25-9-26-6-11/h1-3,5-6,9H,7-8H2. The molecule has 3 rings (SSSR count). The minimum Gasteiger partial charge on any atom is -0.419 e. The van der Waals surface area contributed by atoms with E-state index >= 15 is 0 Å². The average Bonchev–Trinajstić information content (AvgIpc) is 3.14. The molecule has 0 atom stereocenters. The number of nitriles is 1. The Kier molecular flexibility index (Phi) is 5.59. The van der Waals surface area contributed by atoms with Crippen LogP contribution >= 0.6 is 0 Å². The van der Waals surface area contributed by atoms with Gasteiger partial charge in [0.25, 0.3) is 5.89 Å². The molecule has 0 aliphatic heterocycles. The van der Waals surface area contributed by atoms with Crippen molar-refractivity contribution in [2.45, 2.75) is 18.9 Å². The van der Waals surface area contributed by atoms with Gasteiger partial charge in [-0.15, -0.1) is 10.2 Å². The van der Waals surface area contributed by atoms with Crippen molar-refractivity contribution in [1.29, 1.82) is 5.26 Å². The van der Waals surface area contributed by atoms with E-state index in [4.69, 9.17) is 9.68 Å². The number of anilines is 1. The van der Waals surface area contributed by atoms with Gasteiger partial charge in [-0.2, -0.15) is 31.6 Å². The molecular formula is C17H10F6N6O. The maximum Gasteiger partial charge on any atom is 0.417 e. The molecule has 156 valence electrons. The Balaban J connectivity index is 1.95. The van der Waals surface area contributed by atoms with E-state index in [1.807, 2.05) is 0 Å². The van der Waals surface area contributed by atoms with E-state index in [1.54, 1.807) is 0 Å². The number of nitrogens with zero attached hydrogens (tertiary/aromatic N) is 6. The summed E-state index contributed by atoms with van der Waals surface area (Å²) in [5.74, 6) is -0.329. The van der Waals surface area contributed by atoms with Crippen molar-refractivity contribution >= 4 is 5.69 Å². The Morgan fingerprint density at radius 3 is 2.33 bits per heavy atom. The van der Waals surface area contributed by atoms with Crippen LogP contribution in [0.5, 0.6) is 0 Å². The normalized spacial score (nSPS) is 11.9. The number of rotatable bonds is 5. The van der Waals surface area contributed by atoms with Gasteiger partial charge < -0.3 is 9.32 Å². The summed E-state index contributed by atoms with van der Waals surface area (Å²) in [6.07, 6.45) is -5.73. The van der Waals surface area contributed by atoms with E-state index in [1.165, 1.54) is 24.8 Å². The van der Waals surface area contributed by atoms with E-state index < -0.39 is 42.3 Å². The summed E-state index contributed by atoms with van der Waals surface area (Å²) in [5, 5.41) is 16.2. The zero-order valence-corrected chi connectivity index (χ0v) is 14.7. The predicted molar refractivity (Wildman–Crippen MR) is 88.6 cm³/mol. The molecule has 0 bridgehead atoms. The molecule has 0 radical (unpaired) electrons. The van der Waals surface area contributed by atoms with E-state index in [0.717, 1.165) is 12.1 Å². The molecular weight excluding hydrogens is 418 g/mol. The van der Waals surface area contributed by atoms with Gasteiger partial charge in [0.1, 0.15) is 12.9 Å². The topological polar surface area (TPSA) is 91.7 Å². The first-order valence-corrected chi connectivity index (χ1v) is 8.07. The van der Waals surface area contributed by atoms with Gasteiger partial charge in [0.2, 0.25) is 5.89 Å². The first-order chi connectivity index (χ1) is 14.1. The Labute approximate surface area is 164 Å². The highest BCUT2D eigenvalue weighted by Gasteiger charge is 2.36. The molecule has 0 saturated heterocycles. The number of alkyl halides is 6. The monoisotopic (exact) mass is 428 g/mol. The number of hydrogen-bond donors (Lipinski definition) is 0. The van der Waals surface area contributed by atoms with Crippen molar-refractivity contribution in [3.63, 3.8) is 0 Å². The van der Waals surface area contributed by atoms with Crippen LogP contribution in [0, 0.1) is 11.3 Å². The van der Waals surface area contributed by atoms with Crippen molar-refractivity contribution in [1.82, 2.24) is 20.2 Å². The second kappa shape index (κ2) is 7.97. The molecule has 7 nitrogen and oxygen atoms in total. The van der Waals surface area contributed by atoms with Gasteiger partial charge in [0, 0.05) is 18.1 Å². The fourth-order valence-electron chi connectivity index (χ4n) is 2.52. The first-order valence-electron chi connectivity index (χ1n) is 8.07. The maximum atomic E-state index is 13.2. The summed E-state index contributed by atoms with van der Waals surface area (Å²) in [6.45, 7) is -2.20. The van der Waals surface area contributed by atoms with Gasteiger partial charge in [0.15, 0.2) is 0 Å². The van der Waals surface area contributed by atoms with Gasteiger partial charge in [-0.3, -0.25) is 0 Å². The van der Waals surface area contributed by atoms with Gasteiger partial charge >= 0.3 is 12.4 Å². The van der Waals surface area contributed by atoms with Crippen molar-refractivity contribution in [3.05, 3.63) is 53.9 Å². The lowest BCUT2D eigenvalue weighted by Gasteiger charge is -2.25. The fourth-order valence-corrected chi connectivity index (χ4v) is 2.52. The molecule has 1 aromatic carbocycles. The van der Waals surface area contributed by atoms with Crippen LogP contribution in [0.1, 0.15) is 17.0 Å². The Hall–Kier alpha value is -3.69. The van der Waals surface area contributed by atoms with Crippen molar-refractivity contribution in [3.8, 4) is 17.5 Å². The van der Waals surface area contributed by atoms with Crippen LogP contribution in [0.4, 0.5) is 32.0 Å². The Morgan fingerprint density at radius 2 is 1.73 bits per heavy atom. The van der Waals surface area contributed by atoms with E-state index in [2.05, 4.69) is 20.2 Å². The molecule has 0 unspecified atom stereocenters. The van der Waals surface area contributed by atoms with Crippen LogP contribution in [0.25, 0.3) is 11.5 Å².